The Kier molecular flexibility index (Phi) is 6.00. The van der Waals surface area contributed by atoms with Gasteiger partial charge in [0, 0.05) is 18.6 Å². The third kappa shape index (κ3) is 4.70. The van der Waals surface area contributed by atoms with Gasteiger partial charge in [0.05, 0.1) is 12.6 Å². The summed E-state index contributed by atoms with van der Waals surface area (Å²) in [4.78, 5) is 26.2. The number of hydrogen-bond donors (Lipinski definition) is 2. The molecule has 2 amide bonds. The Morgan fingerprint density at radius 3 is 2.48 bits per heavy atom. The molecule has 1 heterocycles. The molecule has 7 nitrogen and oxygen atoms in total. The Bertz CT molecular complexity index is 764. The molecule has 1 aliphatic heterocycles. The van der Waals surface area contributed by atoms with Crippen LogP contribution < -0.4 is 15.4 Å². The van der Waals surface area contributed by atoms with E-state index in [4.69, 9.17) is 10.00 Å². The fourth-order valence-corrected chi connectivity index (χ4v) is 5.23. The molecule has 1 aromatic rings. The molecule has 3 aliphatic rings. The van der Waals surface area contributed by atoms with Gasteiger partial charge in [-0.2, -0.15) is 5.26 Å². The molecule has 3 fully saturated rings. The number of nitrogens with zero attached hydrogens (tertiary/aromatic N) is 2. The van der Waals surface area contributed by atoms with Crippen LogP contribution in [0.25, 0.3) is 0 Å². The van der Waals surface area contributed by atoms with Crippen LogP contribution in [0.2, 0.25) is 0 Å². The second kappa shape index (κ2) is 8.83. The van der Waals surface area contributed by atoms with Crippen molar-refractivity contribution in [1.82, 2.24) is 15.5 Å². The molecular formula is C22H28N4O3. The summed E-state index contributed by atoms with van der Waals surface area (Å²) < 4.78 is 5.32. The average Bonchev–Trinajstić information content (AvgIpc) is 3.41. The molecule has 4 rings (SSSR count). The maximum absolute atomic E-state index is 12.4. The van der Waals surface area contributed by atoms with Crippen molar-refractivity contribution >= 4 is 12.0 Å². The smallest absolute Gasteiger partial charge is 0.410 e. The zero-order valence-electron chi connectivity index (χ0n) is 16.5. The molecule has 2 N–H and O–H groups in total. The Hall–Kier alpha value is -2.59. The minimum atomic E-state index is -0.390. The lowest BCUT2D eigenvalue weighted by Crippen LogP contribution is -2.43. The topological polar surface area (TPSA) is 94.5 Å². The number of hydrogen-bond acceptors (Lipinski definition) is 5. The molecule has 0 radical (unpaired) electrons. The fraction of sp³-hybridized carbons (Fsp3) is 0.591. The standard InChI is InChI=1S/C22H28N4O3/c23-13-19-5-4-8-26(19)21(27)14-24-17-9-15-11-18(12-16(15)10-17)25-22(28)29-20-6-2-1-3-7-20/h1-3,6-7,15-19,24H,4-5,8-12,14H2,(H,25,28). The van der Waals surface area contributed by atoms with Crippen LogP contribution in [0, 0.1) is 23.2 Å². The van der Waals surface area contributed by atoms with Gasteiger partial charge in [-0.3, -0.25) is 4.79 Å². The Balaban J connectivity index is 1.18. The van der Waals surface area contributed by atoms with E-state index in [2.05, 4.69) is 16.7 Å². The molecule has 0 spiro atoms. The zero-order chi connectivity index (χ0) is 20.2. The van der Waals surface area contributed by atoms with Crippen LogP contribution in [0.1, 0.15) is 38.5 Å². The number of fused-ring (bicyclic) bond motifs is 1. The predicted molar refractivity (Wildman–Crippen MR) is 107 cm³/mol. The predicted octanol–water partition coefficient (Wildman–Crippen LogP) is 2.44. The summed E-state index contributed by atoms with van der Waals surface area (Å²) >= 11 is 0. The molecule has 0 bridgehead atoms. The zero-order valence-corrected chi connectivity index (χ0v) is 16.5. The average molecular weight is 396 g/mol. The lowest BCUT2D eigenvalue weighted by Gasteiger charge is -2.22. The molecule has 154 valence electrons. The Morgan fingerprint density at radius 2 is 1.79 bits per heavy atom. The van der Waals surface area contributed by atoms with E-state index in [1.54, 1.807) is 17.0 Å². The van der Waals surface area contributed by atoms with E-state index in [1.807, 2.05) is 18.2 Å². The van der Waals surface area contributed by atoms with Crippen molar-refractivity contribution in [2.75, 3.05) is 13.1 Å². The first-order valence-corrected chi connectivity index (χ1v) is 10.6. The maximum atomic E-state index is 12.4. The lowest BCUT2D eigenvalue weighted by molar-refractivity contribution is -0.130. The number of carbonyl (C=O) groups is 2. The highest BCUT2D eigenvalue weighted by Crippen LogP contribution is 2.44. The van der Waals surface area contributed by atoms with Gasteiger partial charge in [-0.05, 0) is 62.5 Å². The minimum absolute atomic E-state index is 0.0364. The SMILES string of the molecule is N#CC1CCCN1C(=O)CNC1CC2CC(NC(=O)Oc3ccccc3)CC2C1. The van der Waals surface area contributed by atoms with Crippen LogP contribution in [-0.4, -0.2) is 48.1 Å². The summed E-state index contributed by atoms with van der Waals surface area (Å²) in [6.07, 6.45) is 5.30. The van der Waals surface area contributed by atoms with Crippen molar-refractivity contribution in [3.05, 3.63) is 30.3 Å². The van der Waals surface area contributed by atoms with Crippen LogP contribution in [0.5, 0.6) is 5.75 Å². The largest absolute Gasteiger partial charge is 0.412 e. The summed E-state index contributed by atoms with van der Waals surface area (Å²) in [5.74, 6) is 1.73. The molecule has 3 unspecified atom stereocenters. The van der Waals surface area contributed by atoms with Gasteiger partial charge in [-0.1, -0.05) is 18.2 Å². The first-order chi connectivity index (χ1) is 14.1. The molecule has 29 heavy (non-hydrogen) atoms. The molecule has 2 aliphatic carbocycles. The molecule has 3 atom stereocenters. The quantitative estimate of drug-likeness (QED) is 0.797. The van der Waals surface area contributed by atoms with Gasteiger partial charge in [0.25, 0.3) is 0 Å². The van der Waals surface area contributed by atoms with Gasteiger partial charge < -0.3 is 20.3 Å². The first kappa shape index (κ1) is 19.7. The van der Waals surface area contributed by atoms with Crippen molar-refractivity contribution in [3.8, 4) is 11.8 Å². The third-order valence-corrected chi connectivity index (χ3v) is 6.56. The van der Waals surface area contributed by atoms with E-state index in [0.29, 0.717) is 36.7 Å². The second-order valence-corrected chi connectivity index (χ2v) is 8.46. The summed E-state index contributed by atoms with van der Waals surface area (Å²) in [7, 11) is 0. The number of benzene rings is 1. The molecule has 0 aromatic heterocycles. The number of likely N-dealkylation sites (tertiary alicyclic amines) is 1. The van der Waals surface area contributed by atoms with Gasteiger partial charge in [0.2, 0.25) is 5.91 Å². The van der Waals surface area contributed by atoms with E-state index >= 15 is 0 Å². The van der Waals surface area contributed by atoms with Crippen molar-refractivity contribution in [1.29, 1.82) is 5.26 Å². The van der Waals surface area contributed by atoms with Crippen LogP contribution in [0.4, 0.5) is 4.79 Å². The highest BCUT2D eigenvalue weighted by molar-refractivity contribution is 5.79. The van der Waals surface area contributed by atoms with Crippen molar-refractivity contribution in [2.24, 2.45) is 11.8 Å². The fourth-order valence-electron chi connectivity index (χ4n) is 5.23. The molecule has 1 aromatic carbocycles. The van der Waals surface area contributed by atoms with E-state index in [1.165, 1.54) is 0 Å². The number of ether oxygens (including phenoxy) is 1. The van der Waals surface area contributed by atoms with Crippen LogP contribution >= 0.6 is 0 Å². The number of amides is 2. The Morgan fingerprint density at radius 1 is 1.10 bits per heavy atom. The number of para-hydroxylation sites is 1. The Labute approximate surface area is 171 Å². The lowest BCUT2D eigenvalue weighted by atomic mass is 10.0. The van der Waals surface area contributed by atoms with Gasteiger partial charge in [0.15, 0.2) is 0 Å². The maximum Gasteiger partial charge on any atom is 0.412 e. The summed E-state index contributed by atoms with van der Waals surface area (Å²) in [5.41, 5.74) is 0. The number of carbonyl (C=O) groups excluding carboxylic acids is 2. The van der Waals surface area contributed by atoms with Crippen LogP contribution in [-0.2, 0) is 4.79 Å². The second-order valence-electron chi connectivity index (χ2n) is 8.46. The normalized spacial score (nSPS) is 30.6. The van der Waals surface area contributed by atoms with Gasteiger partial charge >= 0.3 is 6.09 Å². The molecule has 1 saturated heterocycles. The van der Waals surface area contributed by atoms with Gasteiger partial charge in [-0.15, -0.1) is 0 Å². The first-order valence-electron chi connectivity index (χ1n) is 10.6. The van der Waals surface area contributed by atoms with Crippen molar-refractivity contribution in [3.63, 3.8) is 0 Å². The summed E-state index contributed by atoms with van der Waals surface area (Å²) in [5, 5.41) is 15.5. The van der Waals surface area contributed by atoms with Crippen LogP contribution in [0.15, 0.2) is 30.3 Å². The number of nitriles is 1. The van der Waals surface area contributed by atoms with E-state index in [0.717, 1.165) is 38.5 Å². The highest BCUT2D eigenvalue weighted by atomic mass is 16.6. The third-order valence-electron chi connectivity index (χ3n) is 6.56. The van der Waals surface area contributed by atoms with E-state index in [-0.39, 0.29) is 24.1 Å². The molecule has 7 heteroatoms. The van der Waals surface area contributed by atoms with E-state index < -0.39 is 0 Å². The van der Waals surface area contributed by atoms with Gasteiger partial charge in [-0.25, -0.2) is 4.79 Å². The van der Waals surface area contributed by atoms with Crippen molar-refractivity contribution < 1.29 is 14.3 Å². The monoisotopic (exact) mass is 396 g/mol. The molecule has 2 saturated carbocycles. The molecular weight excluding hydrogens is 368 g/mol. The highest BCUT2D eigenvalue weighted by Gasteiger charge is 2.42. The number of rotatable bonds is 5. The van der Waals surface area contributed by atoms with Crippen molar-refractivity contribution in [2.45, 2.75) is 56.7 Å². The summed E-state index contributed by atoms with van der Waals surface area (Å²) in [6.45, 7) is 1.01. The summed E-state index contributed by atoms with van der Waals surface area (Å²) in [6, 6.07) is 11.6. The van der Waals surface area contributed by atoms with E-state index in [9.17, 15) is 9.59 Å². The minimum Gasteiger partial charge on any atom is -0.410 e. The van der Waals surface area contributed by atoms with Gasteiger partial charge in [0.1, 0.15) is 11.8 Å². The van der Waals surface area contributed by atoms with Crippen LogP contribution in [0.3, 0.4) is 0 Å². The number of nitrogens with one attached hydrogen (secondary N) is 2.